The Balaban J connectivity index is 2.26. The molecular weight excluding hydrogens is 260 g/mol. The summed E-state index contributed by atoms with van der Waals surface area (Å²) in [5, 5.41) is 10.6. The first kappa shape index (κ1) is 13.1. The molecule has 2 heteroatoms. The highest BCUT2D eigenvalue weighted by atomic mass is 16.3. The van der Waals surface area contributed by atoms with Gasteiger partial charge in [0.25, 0.3) is 0 Å². The minimum absolute atomic E-state index is 0.136. The smallest absolute Gasteiger partial charge is 0.150 e. The van der Waals surface area contributed by atoms with Crippen LogP contribution in [0.1, 0.15) is 10.4 Å². The van der Waals surface area contributed by atoms with E-state index < -0.39 is 0 Å². The number of hydrogen-bond donors (Lipinski definition) is 1. The third-order valence-electron chi connectivity index (χ3n) is 3.48. The largest absolute Gasteiger partial charge is 0.507 e. The first-order valence-corrected chi connectivity index (χ1v) is 6.73. The fourth-order valence-electron chi connectivity index (χ4n) is 2.46. The number of benzene rings is 3. The van der Waals surface area contributed by atoms with Crippen molar-refractivity contribution in [3.63, 3.8) is 0 Å². The molecule has 3 aromatic carbocycles. The maximum atomic E-state index is 11.3. The Morgan fingerprint density at radius 1 is 0.714 bits per heavy atom. The number of carbonyl (C=O) groups is 1. The summed E-state index contributed by atoms with van der Waals surface area (Å²) in [4.78, 5) is 11.3. The molecule has 102 valence electrons. The molecule has 0 saturated carbocycles. The maximum Gasteiger partial charge on any atom is 0.150 e. The van der Waals surface area contributed by atoms with Crippen LogP contribution in [-0.4, -0.2) is 11.4 Å². The van der Waals surface area contributed by atoms with Crippen molar-refractivity contribution in [1.82, 2.24) is 0 Å². The molecule has 0 heterocycles. The van der Waals surface area contributed by atoms with Crippen molar-refractivity contribution in [1.29, 1.82) is 0 Å². The number of aldehydes is 1. The van der Waals surface area contributed by atoms with Gasteiger partial charge in [-0.15, -0.1) is 0 Å². The van der Waals surface area contributed by atoms with Crippen LogP contribution in [0.25, 0.3) is 22.3 Å². The standard InChI is InChI=1S/C19H14O2/c20-13-16-11-12-17(14-7-3-1-4-8-14)19(21)18(16)15-9-5-2-6-10-15/h1-13,21H. The molecule has 0 spiro atoms. The molecule has 0 saturated heterocycles. The van der Waals surface area contributed by atoms with Crippen LogP contribution in [0.3, 0.4) is 0 Å². The molecule has 0 aliphatic rings. The second-order valence-corrected chi connectivity index (χ2v) is 4.78. The second kappa shape index (κ2) is 5.63. The third-order valence-corrected chi connectivity index (χ3v) is 3.48. The average molecular weight is 274 g/mol. The molecule has 1 N–H and O–H groups in total. The molecule has 3 rings (SSSR count). The van der Waals surface area contributed by atoms with Gasteiger partial charge in [-0.1, -0.05) is 66.7 Å². The van der Waals surface area contributed by atoms with E-state index in [1.54, 1.807) is 12.1 Å². The lowest BCUT2D eigenvalue weighted by Crippen LogP contribution is -1.91. The van der Waals surface area contributed by atoms with Crippen LogP contribution in [-0.2, 0) is 0 Å². The van der Waals surface area contributed by atoms with Gasteiger partial charge in [-0.05, 0) is 17.2 Å². The van der Waals surface area contributed by atoms with Gasteiger partial charge in [0.15, 0.2) is 6.29 Å². The predicted octanol–water partition coefficient (Wildman–Crippen LogP) is 4.54. The summed E-state index contributed by atoms with van der Waals surface area (Å²) in [5.41, 5.74) is 3.53. The summed E-state index contributed by atoms with van der Waals surface area (Å²) in [7, 11) is 0. The van der Waals surface area contributed by atoms with Crippen LogP contribution >= 0.6 is 0 Å². The van der Waals surface area contributed by atoms with Crippen molar-refractivity contribution in [3.05, 3.63) is 78.4 Å². The highest BCUT2D eigenvalue weighted by Crippen LogP contribution is 2.39. The van der Waals surface area contributed by atoms with Crippen molar-refractivity contribution in [3.8, 4) is 28.0 Å². The zero-order valence-electron chi connectivity index (χ0n) is 11.4. The van der Waals surface area contributed by atoms with Gasteiger partial charge in [-0.3, -0.25) is 4.79 Å². The molecular formula is C19H14O2. The zero-order valence-corrected chi connectivity index (χ0v) is 11.4. The molecule has 0 unspecified atom stereocenters. The van der Waals surface area contributed by atoms with Crippen molar-refractivity contribution in [2.75, 3.05) is 0 Å². The Kier molecular flexibility index (Phi) is 3.52. The Hall–Kier alpha value is -2.87. The fraction of sp³-hybridized carbons (Fsp3) is 0. The monoisotopic (exact) mass is 274 g/mol. The van der Waals surface area contributed by atoms with E-state index in [0.717, 1.165) is 23.0 Å². The van der Waals surface area contributed by atoms with E-state index in [9.17, 15) is 9.90 Å². The molecule has 0 fully saturated rings. The van der Waals surface area contributed by atoms with Gasteiger partial charge in [0, 0.05) is 16.7 Å². The van der Waals surface area contributed by atoms with Crippen LogP contribution in [0.4, 0.5) is 0 Å². The zero-order chi connectivity index (χ0) is 14.7. The van der Waals surface area contributed by atoms with Crippen molar-refractivity contribution < 1.29 is 9.90 Å². The molecule has 0 radical (unpaired) electrons. The molecule has 0 aromatic heterocycles. The van der Waals surface area contributed by atoms with E-state index in [-0.39, 0.29) is 5.75 Å². The Bertz CT molecular complexity index is 762. The SMILES string of the molecule is O=Cc1ccc(-c2ccccc2)c(O)c1-c1ccccc1. The molecule has 0 bridgehead atoms. The van der Waals surface area contributed by atoms with Crippen LogP contribution < -0.4 is 0 Å². The number of hydrogen-bond acceptors (Lipinski definition) is 2. The number of phenols is 1. The Morgan fingerprint density at radius 3 is 1.86 bits per heavy atom. The summed E-state index contributed by atoms with van der Waals surface area (Å²) >= 11 is 0. The minimum atomic E-state index is 0.136. The number of rotatable bonds is 3. The average Bonchev–Trinajstić information content (AvgIpc) is 2.56. The lowest BCUT2D eigenvalue weighted by Gasteiger charge is -2.12. The van der Waals surface area contributed by atoms with E-state index in [1.807, 2.05) is 60.7 Å². The number of phenolic OH excluding ortho intramolecular Hbond substituents is 1. The molecule has 21 heavy (non-hydrogen) atoms. The van der Waals surface area contributed by atoms with E-state index in [0.29, 0.717) is 11.1 Å². The van der Waals surface area contributed by atoms with Gasteiger partial charge < -0.3 is 5.11 Å². The normalized spacial score (nSPS) is 10.3. The molecule has 0 amide bonds. The molecule has 3 aromatic rings. The van der Waals surface area contributed by atoms with E-state index in [2.05, 4.69) is 0 Å². The van der Waals surface area contributed by atoms with E-state index in [4.69, 9.17) is 0 Å². The van der Waals surface area contributed by atoms with Crippen LogP contribution in [0.15, 0.2) is 72.8 Å². The summed E-state index contributed by atoms with van der Waals surface area (Å²) < 4.78 is 0. The highest BCUT2D eigenvalue weighted by Gasteiger charge is 2.14. The van der Waals surface area contributed by atoms with E-state index >= 15 is 0 Å². The van der Waals surface area contributed by atoms with Crippen molar-refractivity contribution in [2.24, 2.45) is 0 Å². The molecule has 0 aliphatic carbocycles. The minimum Gasteiger partial charge on any atom is -0.507 e. The first-order valence-electron chi connectivity index (χ1n) is 6.73. The summed E-state index contributed by atoms with van der Waals surface area (Å²) in [5.74, 6) is 0.136. The Morgan fingerprint density at radius 2 is 1.29 bits per heavy atom. The van der Waals surface area contributed by atoms with Crippen molar-refractivity contribution >= 4 is 6.29 Å². The van der Waals surface area contributed by atoms with Gasteiger partial charge in [0.05, 0.1) is 0 Å². The summed E-state index contributed by atoms with van der Waals surface area (Å²) in [6.07, 6.45) is 0.775. The van der Waals surface area contributed by atoms with Crippen molar-refractivity contribution in [2.45, 2.75) is 0 Å². The van der Waals surface area contributed by atoms with Crippen LogP contribution in [0.2, 0.25) is 0 Å². The predicted molar refractivity (Wildman–Crippen MR) is 84.4 cm³/mol. The first-order chi connectivity index (χ1) is 10.3. The van der Waals surface area contributed by atoms with Gasteiger partial charge in [0.1, 0.15) is 5.75 Å². The second-order valence-electron chi connectivity index (χ2n) is 4.78. The lowest BCUT2D eigenvalue weighted by molar-refractivity contribution is 0.112. The van der Waals surface area contributed by atoms with Crippen LogP contribution in [0, 0.1) is 0 Å². The maximum absolute atomic E-state index is 11.3. The van der Waals surface area contributed by atoms with Gasteiger partial charge in [0.2, 0.25) is 0 Å². The molecule has 0 aliphatic heterocycles. The summed E-state index contributed by atoms with van der Waals surface area (Å²) in [6, 6.07) is 22.6. The topological polar surface area (TPSA) is 37.3 Å². The van der Waals surface area contributed by atoms with Gasteiger partial charge >= 0.3 is 0 Å². The summed E-state index contributed by atoms with van der Waals surface area (Å²) in [6.45, 7) is 0. The third kappa shape index (κ3) is 2.43. The number of carbonyl (C=O) groups excluding carboxylic acids is 1. The number of aromatic hydroxyl groups is 1. The highest BCUT2D eigenvalue weighted by molar-refractivity contribution is 5.94. The molecule has 0 atom stereocenters. The quantitative estimate of drug-likeness (QED) is 0.712. The fourth-order valence-corrected chi connectivity index (χ4v) is 2.46. The molecule has 2 nitrogen and oxygen atoms in total. The Labute approximate surface area is 123 Å². The van der Waals surface area contributed by atoms with E-state index in [1.165, 1.54) is 0 Å². The van der Waals surface area contributed by atoms with Crippen LogP contribution in [0.5, 0.6) is 5.75 Å². The lowest BCUT2D eigenvalue weighted by atomic mass is 9.93. The van der Waals surface area contributed by atoms with Gasteiger partial charge in [-0.2, -0.15) is 0 Å². The van der Waals surface area contributed by atoms with Gasteiger partial charge in [-0.25, -0.2) is 0 Å².